The maximum atomic E-state index is 13.6. The third kappa shape index (κ3) is 5.73. The van der Waals surface area contributed by atoms with Crippen molar-refractivity contribution >= 4 is 11.9 Å². The number of amides is 1. The second kappa shape index (κ2) is 10.7. The van der Waals surface area contributed by atoms with Crippen LogP contribution >= 0.6 is 0 Å². The van der Waals surface area contributed by atoms with Gasteiger partial charge in [-0.25, -0.2) is 9.18 Å². The summed E-state index contributed by atoms with van der Waals surface area (Å²) in [6.07, 6.45) is 0.206. The summed E-state index contributed by atoms with van der Waals surface area (Å²) < 4.78 is 18.5. The lowest BCUT2D eigenvalue weighted by Gasteiger charge is -2.18. The Morgan fingerprint density at radius 2 is 1.46 bits per heavy atom. The summed E-state index contributed by atoms with van der Waals surface area (Å²) in [5.74, 6) is -1.91. The van der Waals surface area contributed by atoms with Gasteiger partial charge in [0, 0.05) is 6.42 Å². The molecule has 4 aromatic carbocycles. The van der Waals surface area contributed by atoms with E-state index in [1.807, 2.05) is 54.6 Å². The number of rotatable bonds is 7. The first-order chi connectivity index (χ1) is 16.9. The zero-order chi connectivity index (χ0) is 24.8. The van der Waals surface area contributed by atoms with Gasteiger partial charge in [-0.15, -0.1) is 0 Å². The van der Waals surface area contributed by atoms with Gasteiger partial charge in [0.15, 0.2) is 0 Å². The van der Waals surface area contributed by atoms with E-state index in [-0.39, 0.29) is 17.7 Å². The molecule has 1 atom stereocenters. The molecular weight excluding hydrogens is 445 g/mol. The van der Waals surface area contributed by atoms with E-state index in [0.29, 0.717) is 11.1 Å². The molecule has 0 radical (unpaired) electrons. The Morgan fingerprint density at radius 3 is 2.14 bits per heavy atom. The van der Waals surface area contributed by atoms with Gasteiger partial charge in [-0.3, -0.25) is 4.79 Å². The highest BCUT2D eigenvalue weighted by Gasteiger charge is 2.24. The fourth-order valence-electron chi connectivity index (χ4n) is 3.84. The molecule has 0 saturated carbocycles. The Kier molecular flexibility index (Phi) is 7.21. The fraction of sp³-hybridized carbons (Fsp3) is 0.103. The van der Waals surface area contributed by atoms with E-state index in [4.69, 9.17) is 4.74 Å². The lowest BCUT2D eigenvalue weighted by molar-refractivity contribution is -0.142. The van der Waals surface area contributed by atoms with Crippen LogP contribution in [0.4, 0.5) is 4.39 Å². The molecule has 0 spiro atoms. The predicted molar refractivity (Wildman–Crippen MR) is 132 cm³/mol. The largest absolute Gasteiger partial charge is 0.507 e. The van der Waals surface area contributed by atoms with E-state index in [1.165, 1.54) is 31.4 Å². The molecular formula is C29H24FNO4. The minimum atomic E-state index is -0.965. The number of phenols is 1. The minimum absolute atomic E-state index is 0.0277. The maximum absolute atomic E-state index is 13.6. The molecule has 0 aliphatic heterocycles. The predicted octanol–water partition coefficient (Wildman–Crippen LogP) is 5.38. The van der Waals surface area contributed by atoms with Gasteiger partial charge in [0.05, 0.1) is 12.7 Å². The molecule has 0 aromatic heterocycles. The Hall–Kier alpha value is -4.45. The van der Waals surface area contributed by atoms with Crippen LogP contribution in [0.5, 0.6) is 5.75 Å². The van der Waals surface area contributed by atoms with Crippen molar-refractivity contribution in [2.45, 2.75) is 12.5 Å². The molecule has 5 nitrogen and oxygen atoms in total. The number of carbonyl (C=O) groups is 2. The average Bonchev–Trinajstić information content (AvgIpc) is 2.89. The van der Waals surface area contributed by atoms with Crippen molar-refractivity contribution in [3.63, 3.8) is 0 Å². The number of carbonyl (C=O) groups excluding carboxylic acids is 2. The summed E-state index contributed by atoms with van der Waals surface area (Å²) in [6, 6.07) is 27.0. The highest BCUT2D eigenvalue weighted by atomic mass is 19.1. The zero-order valence-electron chi connectivity index (χ0n) is 19.1. The van der Waals surface area contributed by atoms with Gasteiger partial charge >= 0.3 is 5.97 Å². The summed E-state index contributed by atoms with van der Waals surface area (Å²) in [5, 5.41) is 13.0. The quantitative estimate of drug-likeness (QED) is 0.357. The van der Waals surface area contributed by atoms with Gasteiger partial charge < -0.3 is 15.2 Å². The minimum Gasteiger partial charge on any atom is -0.507 e. The number of phenolic OH excluding ortho intramolecular Hbond substituents is 1. The highest BCUT2D eigenvalue weighted by Crippen LogP contribution is 2.27. The maximum Gasteiger partial charge on any atom is 0.328 e. The molecule has 0 heterocycles. The van der Waals surface area contributed by atoms with Crippen LogP contribution in [0.3, 0.4) is 0 Å². The average molecular weight is 470 g/mol. The summed E-state index contributed by atoms with van der Waals surface area (Å²) in [6.45, 7) is 0. The molecule has 0 saturated heterocycles. The van der Waals surface area contributed by atoms with Gasteiger partial charge in [-0.05, 0) is 52.1 Å². The van der Waals surface area contributed by atoms with Gasteiger partial charge in [0.1, 0.15) is 17.6 Å². The van der Waals surface area contributed by atoms with E-state index in [1.54, 1.807) is 18.2 Å². The first-order valence-corrected chi connectivity index (χ1v) is 11.1. The molecule has 2 N–H and O–H groups in total. The van der Waals surface area contributed by atoms with Crippen LogP contribution < -0.4 is 5.32 Å². The summed E-state index contributed by atoms with van der Waals surface area (Å²) in [7, 11) is 1.25. The number of aromatic hydroxyl groups is 1. The summed E-state index contributed by atoms with van der Waals surface area (Å²) in [4.78, 5) is 25.5. The molecule has 1 amide bonds. The number of nitrogens with one attached hydrogen (secondary N) is 1. The molecule has 0 aliphatic rings. The van der Waals surface area contributed by atoms with E-state index in [0.717, 1.165) is 16.7 Å². The van der Waals surface area contributed by atoms with Crippen LogP contribution in [-0.2, 0) is 16.0 Å². The Balaban J connectivity index is 1.54. The summed E-state index contributed by atoms with van der Waals surface area (Å²) >= 11 is 0. The Labute approximate surface area is 202 Å². The molecule has 4 rings (SSSR count). The molecule has 4 aromatic rings. The van der Waals surface area contributed by atoms with Crippen molar-refractivity contribution in [2.24, 2.45) is 0 Å². The molecule has 35 heavy (non-hydrogen) atoms. The van der Waals surface area contributed by atoms with Crippen LogP contribution in [0.1, 0.15) is 15.9 Å². The lowest BCUT2D eigenvalue weighted by Crippen LogP contribution is -2.43. The Bertz CT molecular complexity index is 1340. The van der Waals surface area contributed by atoms with E-state index in [2.05, 4.69) is 5.32 Å². The molecule has 176 valence electrons. The molecule has 6 heteroatoms. The monoisotopic (exact) mass is 469 g/mol. The van der Waals surface area contributed by atoms with Gasteiger partial charge in [0.2, 0.25) is 0 Å². The van der Waals surface area contributed by atoms with Crippen molar-refractivity contribution in [1.29, 1.82) is 0 Å². The molecule has 0 bridgehead atoms. The van der Waals surface area contributed by atoms with Crippen molar-refractivity contribution in [3.05, 3.63) is 114 Å². The number of benzene rings is 4. The van der Waals surface area contributed by atoms with E-state index >= 15 is 0 Å². The van der Waals surface area contributed by atoms with Crippen LogP contribution in [0.15, 0.2) is 97.1 Å². The summed E-state index contributed by atoms with van der Waals surface area (Å²) in [5.41, 5.74) is 4.02. The van der Waals surface area contributed by atoms with Crippen LogP contribution in [0.25, 0.3) is 22.3 Å². The van der Waals surface area contributed by atoms with Crippen molar-refractivity contribution in [2.75, 3.05) is 7.11 Å². The van der Waals surface area contributed by atoms with Crippen LogP contribution in [0.2, 0.25) is 0 Å². The number of methoxy groups -OCH3 is 1. The van der Waals surface area contributed by atoms with Gasteiger partial charge in [-0.1, -0.05) is 72.8 Å². The molecule has 0 unspecified atom stereocenters. The smallest absolute Gasteiger partial charge is 0.328 e. The number of esters is 1. The Morgan fingerprint density at radius 1 is 0.829 bits per heavy atom. The van der Waals surface area contributed by atoms with Crippen LogP contribution in [0, 0.1) is 5.82 Å². The highest BCUT2D eigenvalue weighted by molar-refractivity contribution is 6.00. The van der Waals surface area contributed by atoms with Crippen molar-refractivity contribution < 1.29 is 23.8 Å². The second-order valence-corrected chi connectivity index (χ2v) is 8.06. The van der Waals surface area contributed by atoms with Gasteiger partial charge in [0.25, 0.3) is 5.91 Å². The fourth-order valence-corrected chi connectivity index (χ4v) is 3.84. The third-order valence-corrected chi connectivity index (χ3v) is 5.69. The normalized spacial score (nSPS) is 11.5. The topological polar surface area (TPSA) is 75.6 Å². The van der Waals surface area contributed by atoms with Crippen molar-refractivity contribution in [3.8, 4) is 28.0 Å². The number of ether oxygens (including phenoxy) is 1. The van der Waals surface area contributed by atoms with E-state index in [9.17, 15) is 19.1 Å². The zero-order valence-corrected chi connectivity index (χ0v) is 19.1. The first-order valence-electron chi connectivity index (χ1n) is 11.1. The van der Waals surface area contributed by atoms with Crippen molar-refractivity contribution in [1.82, 2.24) is 5.32 Å². The number of hydrogen-bond acceptors (Lipinski definition) is 4. The van der Waals surface area contributed by atoms with E-state index < -0.39 is 23.7 Å². The SMILES string of the molecule is COC(=O)[C@H](Cc1ccc(-c2ccccc2)cc1)NC(=O)c1cc(-c2cccc(F)c2)ccc1O. The van der Waals surface area contributed by atoms with Gasteiger partial charge in [-0.2, -0.15) is 0 Å². The first kappa shape index (κ1) is 23.7. The van der Waals surface area contributed by atoms with Crippen LogP contribution in [-0.4, -0.2) is 30.1 Å². The standard InChI is InChI=1S/C29H24FNO4/c1-35-29(34)26(16-19-10-12-21(13-11-19)20-6-3-2-4-7-20)31-28(33)25-18-23(14-15-27(25)32)22-8-5-9-24(30)17-22/h2-15,17-18,26,32H,16H2,1H3,(H,31,33)/t26-/m0/s1. The molecule has 0 fully saturated rings. The molecule has 0 aliphatic carbocycles. The second-order valence-electron chi connectivity index (χ2n) is 8.06. The number of hydrogen-bond donors (Lipinski definition) is 2. The lowest BCUT2D eigenvalue weighted by atomic mass is 9.99. The number of halogens is 1. The third-order valence-electron chi connectivity index (χ3n) is 5.69.